The van der Waals surface area contributed by atoms with Gasteiger partial charge in [-0.25, -0.2) is 0 Å². The number of Topliss-reactive ketones (excluding diaryl/α,β-unsaturated/α-hetero) is 1. The first kappa shape index (κ1) is 22.9. The average molecular weight is 468 g/mol. The first-order valence-electron chi connectivity index (χ1n) is 10.8. The fourth-order valence-electron chi connectivity index (χ4n) is 4.53. The Hall–Kier alpha value is -3.25. The number of benzene rings is 2. The first-order chi connectivity index (χ1) is 15.9. The lowest BCUT2D eigenvalue weighted by atomic mass is 9.71. The van der Waals surface area contributed by atoms with Crippen LogP contribution in [0.4, 0.5) is 0 Å². The summed E-state index contributed by atoms with van der Waals surface area (Å²) in [5, 5.41) is 3.82. The molecule has 0 aromatic heterocycles. The van der Waals surface area contributed by atoms with E-state index in [0.29, 0.717) is 34.2 Å². The molecule has 4 rings (SSSR count). The quantitative estimate of drug-likeness (QED) is 0.607. The van der Waals surface area contributed by atoms with Crippen LogP contribution in [0.3, 0.4) is 0 Å². The molecule has 2 unspecified atom stereocenters. The second-order valence-electron chi connectivity index (χ2n) is 8.09. The number of hydrogen-bond acceptors (Lipinski definition) is 6. The van der Waals surface area contributed by atoms with Crippen molar-refractivity contribution in [2.75, 3.05) is 14.2 Å². The van der Waals surface area contributed by atoms with Gasteiger partial charge in [0.1, 0.15) is 12.5 Å². The summed E-state index contributed by atoms with van der Waals surface area (Å²) in [6.07, 6.45) is 1.96. The molecular weight excluding hydrogens is 442 g/mol. The van der Waals surface area contributed by atoms with Gasteiger partial charge in [0.2, 0.25) is 0 Å². The summed E-state index contributed by atoms with van der Waals surface area (Å²) in [5.74, 6) is -0.616. The molecule has 0 bridgehead atoms. The lowest BCUT2D eigenvalue weighted by molar-refractivity contribution is -0.144. The topological polar surface area (TPSA) is 73.9 Å². The number of ketones is 1. The van der Waals surface area contributed by atoms with Gasteiger partial charge in [-0.1, -0.05) is 42.4 Å². The van der Waals surface area contributed by atoms with E-state index in [0.717, 1.165) is 29.7 Å². The van der Waals surface area contributed by atoms with Crippen LogP contribution in [0.2, 0.25) is 5.02 Å². The third kappa shape index (κ3) is 4.48. The highest BCUT2D eigenvalue weighted by Crippen LogP contribution is 2.46. The van der Waals surface area contributed by atoms with Gasteiger partial charge in [-0.2, -0.15) is 0 Å². The fourth-order valence-corrected chi connectivity index (χ4v) is 4.72. The van der Waals surface area contributed by atoms with Crippen molar-refractivity contribution in [1.29, 1.82) is 0 Å². The Bertz CT molecular complexity index is 1140. The Morgan fingerprint density at radius 3 is 2.67 bits per heavy atom. The Labute approximate surface area is 198 Å². The Morgan fingerprint density at radius 2 is 1.94 bits per heavy atom. The highest BCUT2D eigenvalue weighted by Gasteiger charge is 2.43. The SMILES string of the molecule is C=C1NC2=C(C(=O)CCC2)C(c2ccc(OCc3ccccc3Cl)c(OC)c2)C1C(=O)OC. The van der Waals surface area contributed by atoms with Crippen LogP contribution in [0, 0.1) is 5.92 Å². The predicted octanol–water partition coefficient (Wildman–Crippen LogP) is 4.92. The highest BCUT2D eigenvalue weighted by atomic mass is 35.5. The third-order valence-electron chi connectivity index (χ3n) is 6.13. The van der Waals surface area contributed by atoms with Crippen molar-refractivity contribution in [2.45, 2.75) is 31.8 Å². The number of nitrogens with one attached hydrogen (secondary N) is 1. The minimum absolute atomic E-state index is 0.0353. The summed E-state index contributed by atoms with van der Waals surface area (Å²) >= 11 is 6.24. The molecule has 6 nitrogen and oxygen atoms in total. The Kier molecular flexibility index (Phi) is 6.75. The van der Waals surface area contributed by atoms with E-state index in [1.54, 1.807) is 13.2 Å². The van der Waals surface area contributed by atoms with E-state index in [2.05, 4.69) is 11.9 Å². The minimum atomic E-state index is -0.726. The van der Waals surface area contributed by atoms with Gasteiger partial charge in [-0.15, -0.1) is 0 Å². The lowest BCUT2D eigenvalue weighted by Crippen LogP contribution is -2.40. The largest absolute Gasteiger partial charge is 0.493 e. The van der Waals surface area contributed by atoms with Gasteiger partial charge >= 0.3 is 5.97 Å². The van der Waals surface area contributed by atoms with Crippen LogP contribution in [0.15, 0.2) is 66.0 Å². The zero-order valence-corrected chi connectivity index (χ0v) is 19.4. The second-order valence-corrected chi connectivity index (χ2v) is 8.50. The number of methoxy groups -OCH3 is 2. The summed E-state index contributed by atoms with van der Waals surface area (Å²) in [5.41, 5.74) is 3.60. The zero-order valence-electron chi connectivity index (χ0n) is 18.7. The van der Waals surface area contributed by atoms with E-state index >= 15 is 0 Å². The van der Waals surface area contributed by atoms with Crippen molar-refractivity contribution >= 4 is 23.4 Å². The van der Waals surface area contributed by atoms with Crippen LogP contribution < -0.4 is 14.8 Å². The molecule has 1 aliphatic carbocycles. The van der Waals surface area contributed by atoms with Crippen molar-refractivity contribution < 1.29 is 23.8 Å². The van der Waals surface area contributed by atoms with Crippen molar-refractivity contribution in [1.82, 2.24) is 5.32 Å². The maximum absolute atomic E-state index is 12.9. The number of esters is 1. The maximum Gasteiger partial charge on any atom is 0.315 e. The fraction of sp³-hybridized carbons (Fsp3) is 0.308. The lowest BCUT2D eigenvalue weighted by Gasteiger charge is -2.38. The molecule has 1 aliphatic heterocycles. The van der Waals surface area contributed by atoms with Gasteiger partial charge in [0.05, 0.1) is 14.2 Å². The molecule has 0 saturated heterocycles. The number of halogens is 1. The van der Waals surface area contributed by atoms with Crippen LogP contribution in [0.5, 0.6) is 11.5 Å². The summed E-state index contributed by atoms with van der Waals surface area (Å²) in [6, 6.07) is 12.9. The number of carbonyl (C=O) groups excluding carboxylic acids is 2. The number of allylic oxidation sites excluding steroid dienone is 2. The monoisotopic (exact) mass is 467 g/mol. The van der Waals surface area contributed by atoms with Crippen LogP contribution in [0.1, 0.15) is 36.3 Å². The molecule has 2 aromatic rings. The highest BCUT2D eigenvalue weighted by molar-refractivity contribution is 6.31. The summed E-state index contributed by atoms with van der Waals surface area (Å²) < 4.78 is 16.6. The summed E-state index contributed by atoms with van der Waals surface area (Å²) in [4.78, 5) is 25.7. The van der Waals surface area contributed by atoms with E-state index in [1.807, 2.05) is 36.4 Å². The molecule has 172 valence electrons. The first-order valence-corrected chi connectivity index (χ1v) is 11.2. The number of hydrogen-bond donors (Lipinski definition) is 1. The summed E-state index contributed by atoms with van der Waals surface area (Å²) in [7, 11) is 2.89. The predicted molar refractivity (Wildman–Crippen MR) is 125 cm³/mol. The zero-order chi connectivity index (χ0) is 23.5. The van der Waals surface area contributed by atoms with Crippen LogP contribution >= 0.6 is 11.6 Å². The van der Waals surface area contributed by atoms with E-state index in [4.69, 9.17) is 25.8 Å². The van der Waals surface area contributed by atoms with Crippen LogP contribution in [-0.4, -0.2) is 26.0 Å². The van der Waals surface area contributed by atoms with E-state index in [1.165, 1.54) is 7.11 Å². The van der Waals surface area contributed by atoms with Crippen molar-refractivity contribution in [3.05, 3.63) is 82.2 Å². The van der Waals surface area contributed by atoms with Gasteiger partial charge in [-0.3, -0.25) is 9.59 Å². The normalized spacial score (nSPS) is 20.1. The average Bonchev–Trinajstić information content (AvgIpc) is 2.82. The van der Waals surface area contributed by atoms with E-state index in [-0.39, 0.29) is 12.4 Å². The maximum atomic E-state index is 12.9. The Balaban J connectivity index is 1.72. The number of carbonyl (C=O) groups is 2. The van der Waals surface area contributed by atoms with Gasteiger partial charge < -0.3 is 19.5 Å². The molecular formula is C26H26ClNO5. The smallest absolute Gasteiger partial charge is 0.315 e. The van der Waals surface area contributed by atoms with E-state index in [9.17, 15) is 9.59 Å². The van der Waals surface area contributed by atoms with Crippen LogP contribution in [0.25, 0.3) is 0 Å². The van der Waals surface area contributed by atoms with Crippen molar-refractivity contribution in [3.63, 3.8) is 0 Å². The molecule has 2 aromatic carbocycles. The molecule has 0 spiro atoms. The Morgan fingerprint density at radius 1 is 1.15 bits per heavy atom. The van der Waals surface area contributed by atoms with Crippen molar-refractivity contribution in [3.8, 4) is 11.5 Å². The van der Waals surface area contributed by atoms with Crippen LogP contribution in [-0.2, 0) is 20.9 Å². The molecule has 0 amide bonds. The third-order valence-corrected chi connectivity index (χ3v) is 6.50. The minimum Gasteiger partial charge on any atom is -0.493 e. The molecule has 0 fully saturated rings. The molecule has 33 heavy (non-hydrogen) atoms. The summed E-state index contributed by atoms with van der Waals surface area (Å²) in [6.45, 7) is 4.34. The standard InChI is InChI=1S/C26H26ClNO5/c1-15-23(26(30)32-3)24(25-19(28-15)9-6-10-20(25)29)16-11-12-21(22(13-16)31-2)33-14-17-7-4-5-8-18(17)27/h4-5,7-8,11-13,23-24,28H,1,6,9-10,14H2,2-3H3. The molecule has 0 saturated carbocycles. The van der Waals surface area contributed by atoms with Gasteiger partial charge in [-0.05, 0) is 36.6 Å². The molecule has 1 N–H and O–H groups in total. The molecule has 2 aliphatic rings. The molecule has 7 heteroatoms. The van der Waals surface area contributed by atoms with Crippen molar-refractivity contribution in [2.24, 2.45) is 5.92 Å². The van der Waals surface area contributed by atoms with Gasteiger partial charge in [0.25, 0.3) is 0 Å². The van der Waals surface area contributed by atoms with Gasteiger partial charge in [0.15, 0.2) is 17.3 Å². The molecule has 0 radical (unpaired) electrons. The van der Waals surface area contributed by atoms with E-state index < -0.39 is 17.8 Å². The van der Waals surface area contributed by atoms with Gasteiger partial charge in [0, 0.05) is 39.9 Å². The number of rotatable bonds is 6. The number of ether oxygens (including phenoxy) is 3. The second kappa shape index (κ2) is 9.71. The molecule has 1 heterocycles. The molecule has 2 atom stereocenters.